The zero-order valence-electron chi connectivity index (χ0n) is 16.5. The molecule has 0 aromatic heterocycles. The third-order valence-electron chi connectivity index (χ3n) is 5.15. The molecule has 1 saturated heterocycles. The molecule has 3 rings (SSSR count). The number of hydrogen-bond acceptors (Lipinski definition) is 3. The SMILES string of the molecule is CCCC1(c2ccccc2)NC(=O)N(CC(=O)N(C)Cc2ccccc2Br)C1=O. The summed E-state index contributed by atoms with van der Waals surface area (Å²) < 4.78 is 0.903. The highest BCUT2D eigenvalue weighted by Crippen LogP contribution is 2.33. The summed E-state index contributed by atoms with van der Waals surface area (Å²) in [6.45, 7) is 2.05. The maximum Gasteiger partial charge on any atom is 0.325 e. The Balaban J connectivity index is 1.77. The van der Waals surface area contributed by atoms with Crippen molar-refractivity contribution in [3.05, 3.63) is 70.2 Å². The number of carbonyl (C=O) groups excluding carboxylic acids is 3. The molecule has 2 aromatic carbocycles. The van der Waals surface area contributed by atoms with E-state index in [4.69, 9.17) is 0 Å². The number of halogens is 1. The lowest BCUT2D eigenvalue weighted by atomic mass is 9.85. The summed E-state index contributed by atoms with van der Waals surface area (Å²) in [5.74, 6) is -0.678. The van der Waals surface area contributed by atoms with Gasteiger partial charge in [-0.3, -0.25) is 14.5 Å². The number of likely N-dealkylation sites (N-methyl/N-ethyl adjacent to an activating group) is 1. The number of benzene rings is 2. The standard InChI is InChI=1S/C22H24BrN3O3/c1-3-13-22(17-10-5-4-6-11-17)20(28)26(21(29)24-22)15-19(27)25(2)14-16-9-7-8-12-18(16)23/h4-12H,3,13-15H2,1-2H3,(H,24,29). The molecule has 1 atom stereocenters. The molecule has 0 radical (unpaired) electrons. The fraction of sp³-hybridized carbons (Fsp3) is 0.318. The molecule has 152 valence electrons. The van der Waals surface area contributed by atoms with Gasteiger partial charge in [-0.15, -0.1) is 0 Å². The Kier molecular flexibility index (Phi) is 6.37. The summed E-state index contributed by atoms with van der Waals surface area (Å²) in [6.07, 6.45) is 1.18. The number of nitrogens with zero attached hydrogens (tertiary/aromatic N) is 2. The van der Waals surface area contributed by atoms with Crippen molar-refractivity contribution in [1.82, 2.24) is 15.1 Å². The van der Waals surface area contributed by atoms with E-state index in [0.717, 1.165) is 20.5 Å². The van der Waals surface area contributed by atoms with Gasteiger partial charge in [-0.25, -0.2) is 4.79 Å². The Morgan fingerprint density at radius 2 is 1.76 bits per heavy atom. The predicted molar refractivity (Wildman–Crippen MR) is 114 cm³/mol. The Bertz CT molecular complexity index is 919. The average Bonchev–Trinajstić information content (AvgIpc) is 2.95. The summed E-state index contributed by atoms with van der Waals surface area (Å²) in [5.41, 5.74) is 0.566. The zero-order chi connectivity index (χ0) is 21.0. The minimum absolute atomic E-state index is 0.288. The molecule has 4 amide bonds. The van der Waals surface area contributed by atoms with Crippen LogP contribution in [-0.2, 0) is 21.7 Å². The third-order valence-corrected chi connectivity index (χ3v) is 5.93. The smallest absolute Gasteiger partial charge is 0.325 e. The Labute approximate surface area is 179 Å². The van der Waals surface area contributed by atoms with Gasteiger partial charge in [0, 0.05) is 18.1 Å². The van der Waals surface area contributed by atoms with Crippen molar-refractivity contribution in [2.45, 2.75) is 31.8 Å². The molecule has 1 fully saturated rings. The van der Waals surface area contributed by atoms with Crippen LogP contribution < -0.4 is 5.32 Å². The van der Waals surface area contributed by atoms with Gasteiger partial charge in [0.2, 0.25) is 5.91 Å². The second kappa shape index (κ2) is 8.78. The number of imide groups is 1. The molecule has 2 aromatic rings. The van der Waals surface area contributed by atoms with Gasteiger partial charge >= 0.3 is 6.03 Å². The first kappa shape index (κ1) is 21.0. The van der Waals surface area contributed by atoms with Crippen molar-refractivity contribution in [3.63, 3.8) is 0 Å². The monoisotopic (exact) mass is 457 g/mol. The van der Waals surface area contributed by atoms with Crippen LogP contribution in [0.4, 0.5) is 4.79 Å². The van der Waals surface area contributed by atoms with E-state index in [2.05, 4.69) is 21.2 Å². The summed E-state index contributed by atoms with van der Waals surface area (Å²) in [6, 6.07) is 16.3. The molecular formula is C22H24BrN3O3. The molecule has 1 aliphatic heterocycles. The van der Waals surface area contributed by atoms with E-state index in [1.807, 2.05) is 61.5 Å². The molecule has 1 heterocycles. The summed E-state index contributed by atoms with van der Waals surface area (Å²) >= 11 is 3.47. The van der Waals surface area contributed by atoms with Crippen molar-refractivity contribution in [2.75, 3.05) is 13.6 Å². The Hall–Kier alpha value is -2.67. The van der Waals surface area contributed by atoms with Crippen molar-refractivity contribution >= 4 is 33.8 Å². The second-order valence-corrected chi connectivity index (χ2v) is 8.04. The van der Waals surface area contributed by atoms with Gasteiger partial charge in [0.05, 0.1) is 0 Å². The highest BCUT2D eigenvalue weighted by Gasteiger charge is 2.52. The minimum Gasteiger partial charge on any atom is -0.340 e. The first-order valence-electron chi connectivity index (χ1n) is 9.56. The molecule has 6 nitrogen and oxygen atoms in total. The fourth-order valence-corrected chi connectivity index (χ4v) is 4.01. The number of urea groups is 1. The van der Waals surface area contributed by atoms with Crippen molar-refractivity contribution < 1.29 is 14.4 Å². The van der Waals surface area contributed by atoms with Crippen LogP contribution in [0.3, 0.4) is 0 Å². The molecule has 7 heteroatoms. The third kappa shape index (κ3) is 4.19. The van der Waals surface area contributed by atoms with Crippen LogP contribution >= 0.6 is 15.9 Å². The number of nitrogens with one attached hydrogen (secondary N) is 1. The molecule has 0 spiro atoms. The van der Waals surface area contributed by atoms with Crippen molar-refractivity contribution in [1.29, 1.82) is 0 Å². The number of amides is 4. The van der Waals surface area contributed by atoms with Gasteiger partial charge in [-0.05, 0) is 23.6 Å². The molecule has 0 bridgehead atoms. The minimum atomic E-state index is -1.12. The molecule has 0 aliphatic carbocycles. The van der Waals surface area contributed by atoms with Crippen LogP contribution in [-0.4, -0.2) is 41.2 Å². The van der Waals surface area contributed by atoms with E-state index in [1.165, 1.54) is 4.90 Å². The maximum absolute atomic E-state index is 13.3. The maximum atomic E-state index is 13.3. The van der Waals surface area contributed by atoms with Gasteiger partial charge < -0.3 is 10.2 Å². The van der Waals surface area contributed by atoms with Gasteiger partial charge in [0.15, 0.2) is 0 Å². The topological polar surface area (TPSA) is 69.7 Å². The predicted octanol–water partition coefficient (Wildman–Crippen LogP) is 3.65. The lowest BCUT2D eigenvalue weighted by molar-refractivity contribution is -0.139. The van der Waals surface area contributed by atoms with Crippen molar-refractivity contribution in [2.24, 2.45) is 0 Å². The van der Waals surface area contributed by atoms with E-state index in [0.29, 0.717) is 19.4 Å². The normalized spacial score (nSPS) is 18.7. The van der Waals surface area contributed by atoms with E-state index in [9.17, 15) is 14.4 Å². The quantitative estimate of drug-likeness (QED) is 0.644. The summed E-state index contributed by atoms with van der Waals surface area (Å²) in [7, 11) is 1.66. The van der Waals surface area contributed by atoms with Crippen LogP contribution in [0.25, 0.3) is 0 Å². The Morgan fingerprint density at radius 3 is 2.41 bits per heavy atom. The molecule has 1 aliphatic rings. The summed E-state index contributed by atoms with van der Waals surface area (Å²) in [4.78, 5) is 41.2. The number of rotatable bonds is 7. The van der Waals surface area contributed by atoms with E-state index < -0.39 is 11.6 Å². The van der Waals surface area contributed by atoms with Crippen LogP contribution in [0.15, 0.2) is 59.1 Å². The van der Waals surface area contributed by atoms with Crippen LogP contribution in [0.5, 0.6) is 0 Å². The lowest BCUT2D eigenvalue weighted by Crippen LogP contribution is -2.45. The zero-order valence-corrected chi connectivity index (χ0v) is 18.1. The van der Waals surface area contributed by atoms with Gasteiger partial charge in [-0.1, -0.05) is 77.8 Å². The lowest BCUT2D eigenvalue weighted by Gasteiger charge is -2.27. The second-order valence-electron chi connectivity index (χ2n) is 7.18. The van der Waals surface area contributed by atoms with Gasteiger partial charge in [0.25, 0.3) is 5.91 Å². The summed E-state index contributed by atoms with van der Waals surface area (Å²) in [5, 5.41) is 2.85. The van der Waals surface area contributed by atoms with Gasteiger partial charge in [0.1, 0.15) is 12.1 Å². The van der Waals surface area contributed by atoms with Crippen molar-refractivity contribution in [3.8, 4) is 0 Å². The highest BCUT2D eigenvalue weighted by molar-refractivity contribution is 9.10. The van der Waals surface area contributed by atoms with Gasteiger partial charge in [-0.2, -0.15) is 0 Å². The first-order chi connectivity index (χ1) is 13.9. The fourth-order valence-electron chi connectivity index (χ4n) is 3.60. The van der Waals surface area contributed by atoms with E-state index in [1.54, 1.807) is 7.05 Å². The van der Waals surface area contributed by atoms with Crippen LogP contribution in [0.1, 0.15) is 30.9 Å². The van der Waals surface area contributed by atoms with Crippen LogP contribution in [0, 0.1) is 0 Å². The number of carbonyl (C=O) groups is 3. The number of hydrogen-bond donors (Lipinski definition) is 1. The highest BCUT2D eigenvalue weighted by atomic mass is 79.9. The average molecular weight is 458 g/mol. The molecule has 1 unspecified atom stereocenters. The molecule has 29 heavy (non-hydrogen) atoms. The first-order valence-corrected chi connectivity index (χ1v) is 10.4. The molecule has 1 N–H and O–H groups in total. The van der Waals surface area contributed by atoms with E-state index in [-0.39, 0.29) is 18.4 Å². The molecular weight excluding hydrogens is 434 g/mol. The molecule has 0 saturated carbocycles. The van der Waals surface area contributed by atoms with E-state index >= 15 is 0 Å². The Morgan fingerprint density at radius 1 is 1.10 bits per heavy atom. The van der Waals surface area contributed by atoms with Crippen LogP contribution in [0.2, 0.25) is 0 Å². The largest absolute Gasteiger partial charge is 0.340 e.